The zero-order chi connectivity index (χ0) is 20.7. The van der Waals surface area contributed by atoms with Crippen LogP contribution in [0.25, 0.3) is 11.2 Å². The van der Waals surface area contributed by atoms with Gasteiger partial charge in [-0.1, -0.05) is 30.3 Å². The maximum atomic E-state index is 12.9. The van der Waals surface area contributed by atoms with E-state index in [1.165, 1.54) is 16.5 Å². The number of benzene rings is 1. The van der Waals surface area contributed by atoms with Gasteiger partial charge in [0.25, 0.3) is 5.56 Å². The number of piperazine rings is 1. The van der Waals surface area contributed by atoms with E-state index in [4.69, 9.17) is 0 Å². The van der Waals surface area contributed by atoms with E-state index in [2.05, 4.69) is 16.9 Å². The van der Waals surface area contributed by atoms with Crippen LogP contribution < -0.4 is 21.0 Å². The number of nitrogens with one attached hydrogen (secondary N) is 1. The number of imidazole rings is 1. The molecule has 0 atom stereocenters. The minimum Gasteiger partial charge on any atom is -0.334 e. The Morgan fingerprint density at radius 1 is 1.07 bits per heavy atom. The van der Waals surface area contributed by atoms with Crippen molar-refractivity contribution in [2.75, 3.05) is 38.1 Å². The number of carbonyl (C=O) groups excluding carboxylic acids is 1. The number of ketones is 1. The number of nitrogens with zero attached hydrogens (tertiary/aromatic N) is 5. The van der Waals surface area contributed by atoms with E-state index in [9.17, 15) is 14.4 Å². The van der Waals surface area contributed by atoms with Crippen molar-refractivity contribution in [2.24, 2.45) is 14.1 Å². The van der Waals surface area contributed by atoms with Crippen LogP contribution in [0.4, 0.5) is 5.95 Å². The van der Waals surface area contributed by atoms with Gasteiger partial charge in [-0.3, -0.25) is 23.3 Å². The second kappa shape index (κ2) is 7.32. The zero-order valence-corrected chi connectivity index (χ0v) is 16.9. The molecule has 1 aliphatic rings. The molecule has 0 amide bonds. The van der Waals surface area contributed by atoms with Crippen LogP contribution >= 0.6 is 0 Å². The summed E-state index contributed by atoms with van der Waals surface area (Å²) >= 11 is 0. The van der Waals surface area contributed by atoms with Gasteiger partial charge in [0.05, 0.1) is 39.8 Å². The molecule has 1 fully saturated rings. The lowest BCUT2D eigenvalue weighted by molar-refractivity contribution is -0.880. The highest BCUT2D eigenvalue weighted by molar-refractivity contribution is 5.96. The van der Waals surface area contributed by atoms with Crippen molar-refractivity contribution in [3.05, 3.63) is 56.7 Å². The Morgan fingerprint density at radius 3 is 2.38 bits per heavy atom. The SMILES string of the molecule is Cn1c(=O)c2c(nc(N3CC[NH+](C)CC3)n2CC(=O)c2ccccc2)n(C)c1=O. The molecule has 1 saturated heterocycles. The van der Waals surface area contributed by atoms with Crippen molar-refractivity contribution in [2.45, 2.75) is 6.54 Å². The van der Waals surface area contributed by atoms with Crippen molar-refractivity contribution in [3.63, 3.8) is 0 Å². The number of anilines is 1. The summed E-state index contributed by atoms with van der Waals surface area (Å²) in [5, 5.41) is 0. The molecular formula is C20H25N6O3+. The highest BCUT2D eigenvalue weighted by Gasteiger charge is 2.27. The van der Waals surface area contributed by atoms with Gasteiger partial charge in [0, 0.05) is 19.7 Å². The Balaban J connectivity index is 1.89. The first kappa shape index (κ1) is 19.1. The van der Waals surface area contributed by atoms with E-state index in [1.807, 2.05) is 18.2 Å². The van der Waals surface area contributed by atoms with Gasteiger partial charge in [0.2, 0.25) is 5.95 Å². The summed E-state index contributed by atoms with van der Waals surface area (Å²) < 4.78 is 4.10. The van der Waals surface area contributed by atoms with Crippen LogP contribution in [0.5, 0.6) is 0 Å². The van der Waals surface area contributed by atoms with Gasteiger partial charge in [-0.05, 0) is 0 Å². The Bertz CT molecular complexity index is 1180. The fourth-order valence-corrected chi connectivity index (χ4v) is 3.77. The first-order valence-corrected chi connectivity index (χ1v) is 9.69. The summed E-state index contributed by atoms with van der Waals surface area (Å²) in [4.78, 5) is 46.4. The quantitative estimate of drug-likeness (QED) is 0.551. The van der Waals surface area contributed by atoms with E-state index in [-0.39, 0.29) is 17.8 Å². The normalized spacial score (nSPS) is 15.2. The smallest absolute Gasteiger partial charge is 0.332 e. The van der Waals surface area contributed by atoms with Crippen LogP contribution in [-0.4, -0.2) is 57.7 Å². The number of carbonyl (C=O) groups is 1. The summed E-state index contributed by atoms with van der Waals surface area (Å²) in [5.41, 5.74) is 0.281. The molecule has 0 radical (unpaired) electrons. The van der Waals surface area contributed by atoms with Crippen molar-refractivity contribution in [1.29, 1.82) is 0 Å². The summed E-state index contributed by atoms with van der Waals surface area (Å²) in [5.74, 6) is 0.455. The maximum Gasteiger partial charge on any atom is 0.332 e. The Kier molecular flexibility index (Phi) is 4.83. The fraction of sp³-hybridized carbons (Fsp3) is 0.400. The number of quaternary nitrogens is 1. The van der Waals surface area contributed by atoms with Gasteiger partial charge in [-0.25, -0.2) is 4.79 Å². The number of aryl methyl sites for hydroxylation is 1. The van der Waals surface area contributed by atoms with Crippen LogP contribution in [0, 0.1) is 0 Å². The molecule has 29 heavy (non-hydrogen) atoms. The molecule has 152 valence electrons. The van der Waals surface area contributed by atoms with Gasteiger partial charge in [0.1, 0.15) is 0 Å². The third-order valence-corrected chi connectivity index (χ3v) is 5.63. The molecular weight excluding hydrogens is 372 g/mol. The number of aromatic nitrogens is 4. The second-order valence-corrected chi connectivity index (χ2v) is 7.61. The molecule has 0 saturated carbocycles. The Hall–Kier alpha value is -3.20. The van der Waals surface area contributed by atoms with Crippen LogP contribution in [0.15, 0.2) is 39.9 Å². The number of fused-ring (bicyclic) bond motifs is 1. The van der Waals surface area contributed by atoms with Gasteiger partial charge >= 0.3 is 5.69 Å². The third-order valence-electron chi connectivity index (χ3n) is 5.63. The first-order chi connectivity index (χ1) is 13.9. The summed E-state index contributed by atoms with van der Waals surface area (Å²) in [7, 11) is 5.18. The van der Waals surface area contributed by atoms with E-state index in [1.54, 1.807) is 23.7 Å². The molecule has 3 aromatic rings. The second-order valence-electron chi connectivity index (χ2n) is 7.61. The van der Waals surface area contributed by atoms with Crippen LogP contribution in [0.1, 0.15) is 10.4 Å². The van der Waals surface area contributed by atoms with Crippen molar-refractivity contribution in [3.8, 4) is 0 Å². The average molecular weight is 397 g/mol. The average Bonchev–Trinajstić information content (AvgIpc) is 3.11. The van der Waals surface area contributed by atoms with Crippen molar-refractivity contribution < 1.29 is 9.69 Å². The fourth-order valence-electron chi connectivity index (χ4n) is 3.77. The van der Waals surface area contributed by atoms with Gasteiger partial charge in [0.15, 0.2) is 16.9 Å². The molecule has 1 N–H and O–H groups in total. The summed E-state index contributed by atoms with van der Waals surface area (Å²) in [6.07, 6.45) is 0. The van der Waals surface area contributed by atoms with E-state index < -0.39 is 11.2 Å². The van der Waals surface area contributed by atoms with Gasteiger partial charge in [-0.2, -0.15) is 4.98 Å². The predicted octanol–water partition coefficient (Wildman–Crippen LogP) is -1.35. The molecule has 0 bridgehead atoms. The monoisotopic (exact) mass is 397 g/mol. The van der Waals surface area contributed by atoms with E-state index in [0.29, 0.717) is 17.2 Å². The van der Waals surface area contributed by atoms with Crippen LogP contribution in [0.2, 0.25) is 0 Å². The highest BCUT2D eigenvalue weighted by Crippen LogP contribution is 2.20. The van der Waals surface area contributed by atoms with Crippen molar-refractivity contribution >= 4 is 22.9 Å². The molecule has 9 heteroatoms. The number of rotatable bonds is 4. The molecule has 1 aliphatic heterocycles. The minimum absolute atomic E-state index is 0.0114. The third kappa shape index (κ3) is 3.27. The molecule has 2 aromatic heterocycles. The minimum atomic E-state index is -0.442. The standard InChI is InChI=1S/C20H24N6O3/c1-22-9-11-25(12-10-22)19-21-17-16(18(28)24(3)20(29)23(17)2)26(19)13-15(27)14-7-5-4-6-8-14/h4-8H,9-13H2,1-3H3/p+1. The lowest BCUT2D eigenvalue weighted by atomic mass is 10.1. The molecule has 0 spiro atoms. The molecule has 9 nitrogen and oxygen atoms in total. The molecule has 1 aromatic carbocycles. The van der Waals surface area contributed by atoms with Crippen LogP contribution in [0.3, 0.4) is 0 Å². The lowest BCUT2D eigenvalue weighted by Crippen LogP contribution is -3.12. The first-order valence-electron chi connectivity index (χ1n) is 9.69. The van der Waals surface area contributed by atoms with Crippen molar-refractivity contribution in [1.82, 2.24) is 18.7 Å². The van der Waals surface area contributed by atoms with E-state index >= 15 is 0 Å². The molecule has 0 aliphatic carbocycles. The summed E-state index contributed by atoms with van der Waals surface area (Å²) in [6, 6.07) is 8.99. The molecule has 3 heterocycles. The Labute approximate surface area is 167 Å². The number of hydrogen-bond acceptors (Lipinski definition) is 5. The zero-order valence-electron chi connectivity index (χ0n) is 16.9. The van der Waals surface area contributed by atoms with E-state index in [0.717, 1.165) is 30.7 Å². The predicted molar refractivity (Wildman–Crippen MR) is 110 cm³/mol. The Morgan fingerprint density at radius 2 is 1.72 bits per heavy atom. The van der Waals surface area contributed by atoms with Crippen LogP contribution in [-0.2, 0) is 20.6 Å². The lowest BCUT2D eigenvalue weighted by Gasteiger charge is -2.31. The van der Waals surface area contributed by atoms with Gasteiger partial charge < -0.3 is 9.80 Å². The molecule has 0 unspecified atom stereocenters. The number of hydrogen-bond donors (Lipinski definition) is 1. The highest BCUT2D eigenvalue weighted by atomic mass is 16.2. The summed E-state index contributed by atoms with van der Waals surface area (Å²) in [6.45, 7) is 3.40. The largest absolute Gasteiger partial charge is 0.334 e. The number of Topliss-reactive ketones (excluding diaryl/α,β-unsaturated/α-hetero) is 1. The van der Waals surface area contributed by atoms with Gasteiger partial charge in [-0.15, -0.1) is 0 Å². The molecule has 4 rings (SSSR count). The topological polar surface area (TPSA) is 86.6 Å². The number of likely N-dealkylation sites (N-methyl/N-ethyl adjacent to an activating group) is 1. The maximum absolute atomic E-state index is 12.9.